The number of benzene rings is 2. The van der Waals surface area contributed by atoms with Crippen LogP contribution in [-0.2, 0) is 9.59 Å². The van der Waals surface area contributed by atoms with Crippen molar-refractivity contribution >= 4 is 11.8 Å². The lowest BCUT2D eigenvalue weighted by atomic mass is 10.2. The van der Waals surface area contributed by atoms with Gasteiger partial charge in [0.25, 0.3) is 11.8 Å². The van der Waals surface area contributed by atoms with Crippen LogP contribution in [0.5, 0.6) is 11.5 Å². The Morgan fingerprint density at radius 2 is 1.07 bits per heavy atom. The number of nitrogens with one attached hydrogen (secondary N) is 2. The Bertz CT molecular complexity index is 658. The van der Waals surface area contributed by atoms with Gasteiger partial charge in [0.2, 0.25) is 0 Å². The molecule has 0 unspecified atom stereocenters. The monoisotopic (exact) mass is 384 g/mol. The molecule has 0 saturated carbocycles. The summed E-state index contributed by atoms with van der Waals surface area (Å²) < 4.78 is 11.4. The van der Waals surface area contributed by atoms with E-state index in [0.29, 0.717) is 37.4 Å². The van der Waals surface area contributed by atoms with E-state index in [1.165, 1.54) is 0 Å². The maximum absolute atomic E-state index is 12.3. The molecule has 0 aliphatic rings. The van der Waals surface area contributed by atoms with Crippen LogP contribution in [0.4, 0.5) is 0 Å². The quantitative estimate of drug-likeness (QED) is 0.584. The van der Waals surface area contributed by atoms with Crippen molar-refractivity contribution in [3.8, 4) is 11.5 Å². The normalized spacial score (nSPS) is 12.5. The summed E-state index contributed by atoms with van der Waals surface area (Å²) >= 11 is 0. The van der Waals surface area contributed by atoms with Crippen molar-refractivity contribution in [3.63, 3.8) is 0 Å². The van der Waals surface area contributed by atoms with Crippen LogP contribution in [0.3, 0.4) is 0 Å². The number of hydrogen-bond acceptors (Lipinski definition) is 4. The molecular formula is C22H28N2O4. The maximum Gasteiger partial charge on any atom is 0.261 e. The molecule has 0 aromatic heterocycles. The van der Waals surface area contributed by atoms with Gasteiger partial charge in [0.1, 0.15) is 11.5 Å². The Labute approximate surface area is 166 Å². The Morgan fingerprint density at radius 1 is 0.714 bits per heavy atom. The fourth-order valence-electron chi connectivity index (χ4n) is 2.57. The molecule has 2 amide bonds. The standard InChI is InChI=1S/C22H28N2O4/c1-3-19(27-17-11-7-5-8-12-17)21(25)23-15-16-24-22(26)20(4-2)28-18-13-9-6-10-14-18/h5-14,19-20H,3-4,15-16H2,1-2H3,(H,23,25)(H,24,26)/t19-,20+. The molecule has 0 fully saturated rings. The molecule has 2 atom stereocenters. The van der Waals surface area contributed by atoms with Crippen molar-refractivity contribution in [2.45, 2.75) is 38.9 Å². The van der Waals surface area contributed by atoms with Crippen LogP contribution in [-0.4, -0.2) is 37.1 Å². The van der Waals surface area contributed by atoms with Crippen LogP contribution >= 0.6 is 0 Å². The minimum Gasteiger partial charge on any atom is -0.481 e. The molecule has 6 heteroatoms. The largest absolute Gasteiger partial charge is 0.481 e. The van der Waals surface area contributed by atoms with Gasteiger partial charge in [0.15, 0.2) is 12.2 Å². The minimum absolute atomic E-state index is 0.201. The molecule has 0 heterocycles. The van der Waals surface area contributed by atoms with Gasteiger partial charge >= 0.3 is 0 Å². The second-order valence-electron chi connectivity index (χ2n) is 6.24. The zero-order valence-corrected chi connectivity index (χ0v) is 16.4. The van der Waals surface area contributed by atoms with Crippen molar-refractivity contribution in [1.82, 2.24) is 10.6 Å². The van der Waals surface area contributed by atoms with Crippen LogP contribution in [0.1, 0.15) is 26.7 Å². The summed E-state index contributed by atoms with van der Waals surface area (Å²) in [5, 5.41) is 5.59. The molecule has 0 bridgehead atoms. The smallest absolute Gasteiger partial charge is 0.261 e. The molecule has 0 aliphatic heterocycles. The van der Waals surface area contributed by atoms with Gasteiger partial charge in [-0.25, -0.2) is 0 Å². The highest BCUT2D eigenvalue weighted by Gasteiger charge is 2.19. The summed E-state index contributed by atoms with van der Waals surface area (Å²) in [6, 6.07) is 18.5. The van der Waals surface area contributed by atoms with Gasteiger partial charge < -0.3 is 20.1 Å². The van der Waals surface area contributed by atoms with E-state index < -0.39 is 12.2 Å². The first kappa shape index (κ1) is 21.3. The summed E-state index contributed by atoms with van der Waals surface area (Å²) in [5.41, 5.74) is 0. The minimum atomic E-state index is -0.567. The van der Waals surface area contributed by atoms with Gasteiger partial charge in [-0.05, 0) is 37.1 Å². The Kier molecular flexibility index (Phi) is 8.85. The van der Waals surface area contributed by atoms with Crippen molar-refractivity contribution in [2.24, 2.45) is 0 Å². The maximum atomic E-state index is 12.3. The highest BCUT2D eigenvalue weighted by molar-refractivity contribution is 5.82. The summed E-state index contributed by atoms with van der Waals surface area (Å²) in [7, 11) is 0. The highest BCUT2D eigenvalue weighted by Crippen LogP contribution is 2.13. The summed E-state index contributed by atoms with van der Waals surface area (Å²) in [6.07, 6.45) is -0.0305. The first-order valence-corrected chi connectivity index (χ1v) is 9.62. The lowest BCUT2D eigenvalue weighted by molar-refractivity contribution is -0.129. The molecule has 0 saturated heterocycles. The zero-order chi connectivity index (χ0) is 20.2. The molecule has 0 aliphatic carbocycles. The predicted octanol–water partition coefficient (Wildman–Crippen LogP) is 2.93. The van der Waals surface area contributed by atoms with Crippen LogP contribution in [0, 0.1) is 0 Å². The van der Waals surface area contributed by atoms with Crippen molar-refractivity contribution in [2.75, 3.05) is 13.1 Å². The molecule has 0 spiro atoms. The third-order valence-electron chi connectivity index (χ3n) is 4.09. The zero-order valence-electron chi connectivity index (χ0n) is 16.4. The number of carbonyl (C=O) groups is 2. The molecule has 2 aromatic rings. The number of para-hydroxylation sites is 2. The van der Waals surface area contributed by atoms with Gasteiger partial charge in [-0.3, -0.25) is 9.59 Å². The van der Waals surface area contributed by atoms with Crippen molar-refractivity contribution < 1.29 is 19.1 Å². The van der Waals surface area contributed by atoms with Crippen LogP contribution in [0.25, 0.3) is 0 Å². The van der Waals surface area contributed by atoms with E-state index in [1.807, 2.05) is 74.5 Å². The van der Waals surface area contributed by atoms with Crippen molar-refractivity contribution in [3.05, 3.63) is 60.7 Å². The number of ether oxygens (including phenoxy) is 2. The second kappa shape index (κ2) is 11.6. The Balaban J connectivity index is 1.72. The first-order valence-electron chi connectivity index (χ1n) is 9.62. The predicted molar refractivity (Wildman–Crippen MR) is 108 cm³/mol. The Hall–Kier alpha value is -3.02. The van der Waals surface area contributed by atoms with E-state index in [1.54, 1.807) is 0 Å². The molecule has 2 N–H and O–H groups in total. The van der Waals surface area contributed by atoms with E-state index in [2.05, 4.69) is 10.6 Å². The fourth-order valence-corrected chi connectivity index (χ4v) is 2.57. The molecule has 0 radical (unpaired) electrons. The molecule has 150 valence electrons. The van der Waals surface area contributed by atoms with Gasteiger partial charge in [-0.2, -0.15) is 0 Å². The molecule has 2 rings (SSSR count). The van der Waals surface area contributed by atoms with E-state index in [4.69, 9.17) is 9.47 Å². The SMILES string of the molecule is CC[C@H](Oc1ccccc1)C(=O)NCCNC(=O)[C@@H](CC)Oc1ccccc1. The van der Waals surface area contributed by atoms with E-state index >= 15 is 0 Å². The average molecular weight is 384 g/mol. The molecular weight excluding hydrogens is 356 g/mol. The summed E-state index contributed by atoms with van der Waals surface area (Å²) in [4.78, 5) is 24.6. The van der Waals surface area contributed by atoms with E-state index in [9.17, 15) is 9.59 Å². The van der Waals surface area contributed by atoms with Gasteiger partial charge in [-0.15, -0.1) is 0 Å². The van der Waals surface area contributed by atoms with E-state index in [-0.39, 0.29) is 11.8 Å². The average Bonchev–Trinajstić information content (AvgIpc) is 2.74. The molecule has 6 nitrogen and oxygen atoms in total. The third-order valence-corrected chi connectivity index (χ3v) is 4.09. The first-order chi connectivity index (χ1) is 13.6. The lowest BCUT2D eigenvalue weighted by Crippen LogP contribution is -2.44. The Morgan fingerprint density at radius 3 is 1.39 bits per heavy atom. The summed E-state index contributed by atoms with van der Waals surface area (Å²) in [6.45, 7) is 4.42. The van der Waals surface area contributed by atoms with Crippen molar-refractivity contribution in [1.29, 1.82) is 0 Å². The van der Waals surface area contributed by atoms with Crippen LogP contribution in [0.2, 0.25) is 0 Å². The third kappa shape index (κ3) is 6.95. The van der Waals surface area contributed by atoms with Gasteiger partial charge in [0, 0.05) is 13.1 Å². The van der Waals surface area contributed by atoms with Crippen LogP contribution in [0.15, 0.2) is 60.7 Å². The topological polar surface area (TPSA) is 76.7 Å². The summed E-state index contributed by atoms with van der Waals surface area (Å²) in [5.74, 6) is 0.907. The lowest BCUT2D eigenvalue weighted by Gasteiger charge is -2.19. The van der Waals surface area contributed by atoms with E-state index in [0.717, 1.165) is 0 Å². The van der Waals surface area contributed by atoms with Gasteiger partial charge in [-0.1, -0.05) is 50.2 Å². The fraction of sp³-hybridized carbons (Fsp3) is 0.364. The van der Waals surface area contributed by atoms with Gasteiger partial charge in [0.05, 0.1) is 0 Å². The van der Waals surface area contributed by atoms with Crippen LogP contribution < -0.4 is 20.1 Å². The highest BCUT2D eigenvalue weighted by atomic mass is 16.5. The molecule has 28 heavy (non-hydrogen) atoms. The number of rotatable bonds is 11. The second-order valence-corrected chi connectivity index (χ2v) is 6.24. The number of amides is 2. The molecule has 2 aromatic carbocycles. The number of hydrogen-bond donors (Lipinski definition) is 2. The number of carbonyl (C=O) groups excluding carboxylic acids is 2.